The van der Waals surface area contributed by atoms with Crippen molar-refractivity contribution in [3.05, 3.63) is 11.1 Å². The maximum Gasteiger partial charge on any atom is 0.271 e. The minimum atomic E-state index is -0.242. The van der Waals surface area contributed by atoms with E-state index in [0.717, 1.165) is 0 Å². The lowest BCUT2D eigenvalue weighted by Gasteiger charge is -2.12. The summed E-state index contributed by atoms with van der Waals surface area (Å²) in [7, 11) is 1.75. The molecule has 3 N–H and O–H groups in total. The second-order valence-electron chi connectivity index (χ2n) is 3.05. The summed E-state index contributed by atoms with van der Waals surface area (Å²) in [5.74, 6) is -0.242. The zero-order valence-corrected chi connectivity index (χ0v) is 9.60. The van der Waals surface area contributed by atoms with Gasteiger partial charge < -0.3 is 15.7 Å². The fourth-order valence-electron chi connectivity index (χ4n) is 1.03. The van der Waals surface area contributed by atoms with Crippen molar-refractivity contribution in [1.82, 2.24) is 10.3 Å². The Labute approximate surface area is 92.5 Å². The molecule has 1 aromatic rings. The molecule has 1 aromatic heterocycles. The van der Waals surface area contributed by atoms with E-state index in [4.69, 9.17) is 5.11 Å². The molecule has 0 saturated carbocycles. The molecule has 0 unspecified atom stereocenters. The zero-order chi connectivity index (χ0) is 11.3. The van der Waals surface area contributed by atoms with Crippen LogP contribution in [-0.2, 0) is 0 Å². The van der Waals surface area contributed by atoms with Crippen LogP contribution in [0.2, 0.25) is 0 Å². The van der Waals surface area contributed by atoms with Gasteiger partial charge in [0.05, 0.1) is 12.6 Å². The summed E-state index contributed by atoms with van der Waals surface area (Å²) in [4.78, 5) is 15.7. The minimum absolute atomic E-state index is 0.0503. The van der Waals surface area contributed by atoms with Crippen LogP contribution < -0.4 is 10.6 Å². The number of aliphatic hydroxyl groups excluding tert-OH is 1. The lowest BCUT2D eigenvalue weighted by molar-refractivity contribution is 0.0910. The maximum absolute atomic E-state index is 11.6. The standard InChI is InChI=1S/C9H15N3O2S/c1-3-6(4-13)11-8(14)7-5-15-9(10-2)12-7/h5-6,13H,3-4H2,1-2H3,(H,10,12)(H,11,14)/t6-/m0/s1. The number of nitrogens with zero attached hydrogens (tertiary/aromatic N) is 1. The van der Waals surface area contributed by atoms with E-state index in [9.17, 15) is 4.79 Å². The van der Waals surface area contributed by atoms with Gasteiger partial charge in [0.2, 0.25) is 0 Å². The van der Waals surface area contributed by atoms with E-state index in [0.29, 0.717) is 17.2 Å². The van der Waals surface area contributed by atoms with Crippen molar-refractivity contribution < 1.29 is 9.90 Å². The summed E-state index contributed by atoms with van der Waals surface area (Å²) >= 11 is 1.37. The minimum Gasteiger partial charge on any atom is -0.394 e. The van der Waals surface area contributed by atoms with Crippen molar-refractivity contribution in [2.45, 2.75) is 19.4 Å². The molecule has 1 amide bonds. The lowest BCUT2D eigenvalue weighted by atomic mass is 10.2. The van der Waals surface area contributed by atoms with Gasteiger partial charge in [-0.25, -0.2) is 4.98 Å². The Bertz CT molecular complexity index is 323. The van der Waals surface area contributed by atoms with Crippen LogP contribution in [0.15, 0.2) is 5.38 Å². The molecule has 1 rings (SSSR count). The highest BCUT2D eigenvalue weighted by Gasteiger charge is 2.13. The predicted octanol–water partition coefficient (Wildman–Crippen LogP) is 0.686. The number of anilines is 1. The average Bonchev–Trinajstić information content (AvgIpc) is 2.74. The third kappa shape index (κ3) is 3.17. The highest BCUT2D eigenvalue weighted by Crippen LogP contribution is 2.14. The first kappa shape index (κ1) is 11.9. The van der Waals surface area contributed by atoms with E-state index in [1.54, 1.807) is 12.4 Å². The molecule has 84 valence electrons. The van der Waals surface area contributed by atoms with Crippen molar-refractivity contribution in [2.24, 2.45) is 0 Å². The van der Waals surface area contributed by atoms with Gasteiger partial charge in [-0.15, -0.1) is 11.3 Å². The molecule has 0 aliphatic rings. The van der Waals surface area contributed by atoms with E-state index in [-0.39, 0.29) is 18.6 Å². The highest BCUT2D eigenvalue weighted by atomic mass is 32.1. The van der Waals surface area contributed by atoms with Crippen LogP contribution in [-0.4, -0.2) is 35.7 Å². The summed E-state index contributed by atoms with van der Waals surface area (Å²) in [6, 6.07) is -0.197. The van der Waals surface area contributed by atoms with Gasteiger partial charge in [-0.05, 0) is 6.42 Å². The van der Waals surface area contributed by atoms with Crippen LogP contribution in [0.25, 0.3) is 0 Å². The number of thiazole rings is 1. The van der Waals surface area contributed by atoms with Crippen molar-refractivity contribution >= 4 is 22.4 Å². The monoisotopic (exact) mass is 229 g/mol. The second kappa shape index (κ2) is 5.67. The molecule has 6 heteroatoms. The number of aliphatic hydroxyl groups is 1. The zero-order valence-electron chi connectivity index (χ0n) is 8.78. The first-order valence-electron chi connectivity index (χ1n) is 4.76. The molecule has 0 saturated heterocycles. The van der Waals surface area contributed by atoms with Crippen LogP contribution >= 0.6 is 11.3 Å². The molecular formula is C9H15N3O2S. The topological polar surface area (TPSA) is 74.2 Å². The highest BCUT2D eigenvalue weighted by molar-refractivity contribution is 7.13. The first-order chi connectivity index (χ1) is 7.21. The van der Waals surface area contributed by atoms with Crippen LogP contribution in [0.1, 0.15) is 23.8 Å². The van der Waals surface area contributed by atoms with Crippen molar-refractivity contribution in [1.29, 1.82) is 0 Å². The van der Waals surface area contributed by atoms with Gasteiger partial charge in [-0.3, -0.25) is 4.79 Å². The van der Waals surface area contributed by atoms with E-state index >= 15 is 0 Å². The lowest BCUT2D eigenvalue weighted by Crippen LogP contribution is -2.37. The third-order valence-electron chi connectivity index (χ3n) is 2.00. The van der Waals surface area contributed by atoms with Crippen LogP contribution in [0.5, 0.6) is 0 Å². The number of rotatable bonds is 5. The maximum atomic E-state index is 11.6. The number of carbonyl (C=O) groups excluding carboxylic acids is 1. The summed E-state index contributed by atoms with van der Waals surface area (Å²) in [5.41, 5.74) is 0.385. The molecule has 0 aromatic carbocycles. The molecule has 15 heavy (non-hydrogen) atoms. The number of amides is 1. The molecule has 1 atom stereocenters. The van der Waals surface area contributed by atoms with Gasteiger partial charge in [-0.2, -0.15) is 0 Å². The number of carbonyl (C=O) groups is 1. The molecule has 0 aliphatic carbocycles. The third-order valence-corrected chi connectivity index (χ3v) is 2.86. The molecule has 0 bridgehead atoms. The van der Waals surface area contributed by atoms with E-state index in [2.05, 4.69) is 15.6 Å². The molecule has 0 fully saturated rings. The number of nitrogens with one attached hydrogen (secondary N) is 2. The van der Waals surface area contributed by atoms with Gasteiger partial charge in [0, 0.05) is 12.4 Å². The Balaban J connectivity index is 2.60. The van der Waals surface area contributed by atoms with E-state index < -0.39 is 0 Å². The van der Waals surface area contributed by atoms with Crippen molar-refractivity contribution in [3.8, 4) is 0 Å². The molecular weight excluding hydrogens is 214 g/mol. The molecule has 5 nitrogen and oxygen atoms in total. The Morgan fingerprint density at radius 3 is 2.93 bits per heavy atom. The average molecular weight is 229 g/mol. The van der Waals surface area contributed by atoms with E-state index in [1.807, 2.05) is 6.92 Å². The van der Waals surface area contributed by atoms with Gasteiger partial charge in [0.15, 0.2) is 5.13 Å². The summed E-state index contributed by atoms with van der Waals surface area (Å²) in [6.45, 7) is 1.85. The van der Waals surface area contributed by atoms with Crippen LogP contribution in [0.4, 0.5) is 5.13 Å². The largest absolute Gasteiger partial charge is 0.394 e. The van der Waals surface area contributed by atoms with Gasteiger partial charge in [0.25, 0.3) is 5.91 Å². The molecule has 1 heterocycles. The Kier molecular flexibility index (Phi) is 4.51. The second-order valence-corrected chi connectivity index (χ2v) is 3.91. The number of hydrogen-bond acceptors (Lipinski definition) is 5. The SMILES string of the molecule is CC[C@@H](CO)NC(=O)c1csc(NC)n1. The predicted molar refractivity (Wildman–Crippen MR) is 60.3 cm³/mol. The first-order valence-corrected chi connectivity index (χ1v) is 5.64. The Hall–Kier alpha value is -1.14. The van der Waals surface area contributed by atoms with Crippen LogP contribution in [0, 0.1) is 0 Å². The Morgan fingerprint density at radius 1 is 1.73 bits per heavy atom. The smallest absolute Gasteiger partial charge is 0.271 e. The number of aromatic nitrogens is 1. The molecule has 0 spiro atoms. The van der Waals surface area contributed by atoms with Gasteiger partial charge >= 0.3 is 0 Å². The van der Waals surface area contributed by atoms with Gasteiger partial charge in [0.1, 0.15) is 5.69 Å². The Morgan fingerprint density at radius 2 is 2.47 bits per heavy atom. The molecule has 0 radical (unpaired) electrons. The fraction of sp³-hybridized carbons (Fsp3) is 0.556. The summed E-state index contributed by atoms with van der Waals surface area (Å²) in [5, 5.41) is 16.9. The van der Waals surface area contributed by atoms with Crippen molar-refractivity contribution in [2.75, 3.05) is 19.0 Å². The summed E-state index contributed by atoms with van der Waals surface area (Å²) < 4.78 is 0. The fourth-order valence-corrected chi connectivity index (χ4v) is 1.68. The van der Waals surface area contributed by atoms with Crippen molar-refractivity contribution in [3.63, 3.8) is 0 Å². The van der Waals surface area contributed by atoms with E-state index in [1.165, 1.54) is 11.3 Å². The van der Waals surface area contributed by atoms with Gasteiger partial charge in [-0.1, -0.05) is 6.92 Å². The quantitative estimate of drug-likeness (QED) is 0.694. The molecule has 0 aliphatic heterocycles. The summed E-state index contributed by atoms with van der Waals surface area (Å²) in [6.07, 6.45) is 0.700. The number of hydrogen-bond donors (Lipinski definition) is 3. The van der Waals surface area contributed by atoms with Crippen LogP contribution in [0.3, 0.4) is 0 Å². The normalized spacial score (nSPS) is 12.2.